The standard InChI is InChI=1S/C20H19N3O4S/c1-12-17(28-11-22-12)7-26-14-4-5-16-15(6-14)18(13(2)27-16)19(24)23(3)20(8-21)9-25-10-20/h4-6,11H,7,9-10H2,1-3H3. The Morgan fingerprint density at radius 1 is 1.43 bits per heavy atom. The summed E-state index contributed by atoms with van der Waals surface area (Å²) >= 11 is 1.54. The molecule has 4 rings (SSSR count). The van der Waals surface area contributed by atoms with Crippen LogP contribution in [-0.4, -0.2) is 41.6 Å². The molecule has 0 unspecified atom stereocenters. The lowest BCUT2D eigenvalue weighted by Crippen LogP contribution is -2.61. The van der Waals surface area contributed by atoms with Gasteiger partial charge in [0.05, 0.1) is 40.9 Å². The van der Waals surface area contributed by atoms with Gasteiger partial charge >= 0.3 is 0 Å². The van der Waals surface area contributed by atoms with Crippen molar-refractivity contribution in [2.75, 3.05) is 20.3 Å². The molecule has 0 spiro atoms. The maximum atomic E-state index is 13.2. The minimum absolute atomic E-state index is 0.211. The normalized spacial score (nSPS) is 15.1. The predicted octanol–water partition coefficient (Wildman–Crippen LogP) is 3.45. The second-order valence-corrected chi connectivity index (χ2v) is 7.78. The zero-order chi connectivity index (χ0) is 19.9. The van der Waals surface area contributed by atoms with E-state index in [1.54, 1.807) is 43.0 Å². The van der Waals surface area contributed by atoms with Crippen LogP contribution in [0.25, 0.3) is 11.0 Å². The van der Waals surface area contributed by atoms with Crippen LogP contribution < -0.4 is 4.74 Å². The lowest BCUT2D eigenvalue weighted by molar-refractivity contribution is -0.0869. The molecule has 2 aromatic heterocycles. The van der Waals surface area contributed by atoms with Crippen LogP contribution in [0.5, 0.6) is 5.75 Å². The molecule has 8 heteroatoms. The van der Waals surface area contributed by atoms with E-state index in [1.165, 1.54) is 4.90 Å². The van der Waals surface area contributed by atoms with Crippen LogP contribution in [0.4, 0.5) is 0 Å². The zero-order valence-electron chi connectivity index (χ0n) is 15.8. The van der Waals surface area contributed by atoms with Gasteiger partial charge in [-0.2, -0.15) is 5.26 Å². The van der Waals surface area contributed by atoms with Crippen LogP contribution in [0.2, 0.25) is 0 Å². The first-order valence-corrected chi connectivity index (χ1v) is 9.65. The van der Waals surface area contributed by atoms with Crippen molar-refractivity contribution < 1.29 is 18.7 Å². The number of aromatic nitrogens is 1. The average Bonchev–Trinajstić information content (AvgIpc) is 3.20. The topological polar surface area (TPSA) is 88.6 Å². The van der Waals surface area contributed by atoms with E-state index in [4.69, 9.17) is 13.9 Å². The number of likely N-dealkylation sites (N-methyl/N-ethyl adjacent to an activating group) is 1. The maximum Gasteiger partial charge on any atom is 0.259 e. The van der Waals surface area contributed by atoms with E-state index in [2.05, 4.69) is 11.1 Å². The van der Waals surface area contributed by atoms with E-state index in [-0.39, 0.29) is 19.1 Å². The van der Waals surface area contributed by atoms with Crippen molar-refractivity contribution >= 4 is 28.2 Å². The molecule has 0 radical (unpaired) electrons. The van der Waals surface area contributed by atoms with Gasteiger partial charge < -0.3 is 18.8 Å². The van der Waals surface area contributed by atoms with Crippen LogP contribution in [0, 0.1) is 25.2 Å². The summed E-state index contributed by atoms with van der Waals surface area (Å²) in [6.45, 7) is 4.53. The molecule has 0 bridgehead atoms. The van der Waals surface area contributed by atoms with Gasteiger partial charge in [-0.1, -0.05) is 0 Å². The van der Waals surface area contributed by atoms with E-state index in [0.717, 1.165) is 10.6 Å². The predicted molar refractivity (Wildman–Crippen MR) is 103 cm³/mol. The van der Waals surface area contributed by atoms with E-state index in [9.17, 15) is 10.1 Å². The molecule has 3 heterocycles. The molecule has 0 saturated carbocycles. The fourth-order valence-corrected chi connectivity index (χ4v) is 3.85. The third-order valence-corrected chi connectivity index (χ3v) is 6.01. The number of nitrogens with zero attached hydrogens (tertiary/aromatic N) is 3. The van der Waals surface area contributed by atoms with Gasteiger partial charge in [0.25, 0.3) is 5.91 Å². The molecule has 1 aliphatic rings. The number of fused-ring (bicyclic) bond motifs is 1. The Labute approximate surface area is 166 Å². The van der Waals surface area contributed by atoms with Crippen molar-refractivity contribution in [3.05, 3.63) is 45.6 Å². The second kappa shape index (κ2) is 6.93. The zero-order valence-corrected chi connectivity index (χ0v) is 16.6. The highest BCUT2D eigenvalue weighted by Gasteiger charge is 2.46. The van der Waals surface area contributed by atoms with Gasteiger partial charge in [0.2, 0.25) is 0 Å². The number of nitriles is 1. The molecule has 1 amide bonds. The first kappa shape index (κ1) is 18.5. The van der Waals surface area contributed by atoms with Crippen LogP contribution in [0.1, 0.15) is 26.7 Å². The largest absolute Gasteiger partial charge is 0.488 e. The minimum Gasteiger partial charge on any atom is -0.488 e. The average molecular weight is 397 g/mol. The summed E-state index contributed by atoms with van der Waals surface area (Å²) in [4.78, 5) is 19.9. The Morgan fingerprint density at radius 3 is 2.82 bits per heavy atom. The van der Waals surface area contributed by atoms with Gasteiger partial charge in [-0.25, -0.2) is 4.98 Å². The number of furan rings is 1. The van der Waals surface area contributed by atoms with E-state index in [0.29, 0.717) is 34.6 Å². The molecule has 144 valence electrons. The highest BCUT2D eigenvalue weighted by molar-refractivity contribution is 7.09. The van der Waals surface area contributed by atoms with Crippen LogP contribution in [0.3, 0.4) is 0 Å². The summed E-state index contributed by atoms with van der Waals surface area (Å²) in [5, 5.41) is 10.2. The van der Waals surface area contributed by atoms with Crippen LogP contribution in [0.15, 0.2) is 28.1 Å². The molecule has 1 saturated heterocycles. The van der Waals surface area contributed by atoms with Crippen LogP contribution in [-0.2, 0) is 11.3 Å². The van der Waals surface area contributed by atoms with Gasteiger partial charge in [0.15, 0.2) is 5.54 Å². The summed E-state index contributed by atoms with van der Waals surface area (Å²) in [6, 6.07) is 7.61. The third kappa shape index (κ3) is 2.93. The van der Waals surface area contributed by atoms with Gasteiger partial charge in [-0.3, -0.25) is 4.79 Å². The Balaban J connectivity index is 1.64. The van der Waals surface area contributed by atoms with Crippen molar-refractivity contribution in [3.63, 3.8) is 0 Å². The summed E-state index contributed by atoms with van der Waals surface area (Å²) in [5.74, 6) is 0.881. The fourth-order valence-electron chi connectivity index (χ4n) is 3.16. The number of rotatable bonds is 5. The number of carbonyl (C=O) groups excluding carboxylic acids is 1. The number of hydrogen-bond acceptors (Lipinski definition) is 7. The quantitative estimate of drug-likeness (QED) is 0.655. The molecule has 7 nitrogen and oxygen atoms in total. The number of hydrogen-bond donors (Lipinski definition) is 0. The Hall–Kier alpha value is -2.89. The first-order chi connectivity index (χ1) is 13.4. The van der Waals surface area contributed by atoms with Crippen molar-refractivity contribution in [1.82, 2.24) is 9.88 Å². The number of benzene rings is 1. The summed E-state index contributed by atoms with van der Waals surface area (Å²) < 4.78 is 16.8. The number of carbonyl (C=O) groups is 1. The molecule has 28 heavy (non-hydrogen) atoms. The van der Waals surface area contributed by atoms with Gasteiger partial charge in [0, 0.05) is 12.4 Å². The number of amides is 1. The molecular formula is C20H19N3O4S. The molecule has 1 aromatic carbocycles. The van der Waals surface area contributed by atoms with Gasteiger partial charge in [0.1, 0.15) is 23.7 Å². The molecule has 0 aliphatic carbocycles. The molecule has 0 N–H and O–H groups in total. The van der Waals surface area contributed by atoms with Crippen molar-refractivity contribution in [2.24, 2.45) is 0 Å². The molecule has 1 fully saturated rings. The van der Waals surface area contributed by atoms with E-state index >= 15 is 0 Å². The smallest absolute Gasteiger partial charge is 0.259 e. The highest BCUT2D eigenvalue weighted by atomic mass is 32.1. The SMILES string of the molecule is Cc1ncsc1COc1ccc2oc(C)c(C(=O)N(C)C3(C#N)COC3)c2c1. The highest BCUT2D eigenvalue weighted by Crippen LogP contribution is 2.33. The van der Waals surface area contributed by atoms with E-state index in [1.807, 2.05) is 13.0 Å². The van der Waals surface area contributed by atoms with Crippen LogP contribution >= 0.6 is 11.3 Å². The summed E-state index contributed by atoms with van der Waals surface area (Å²) in [7, 11) is 1.62. The maximum absolute atomic E-state index is 13.2. The minimum atomic E-state index is -0.926. The first-order valence-electron chi connectivity index (χ1n) is 8.77. The van der Waals surface area contributed by atoms with Gasteiger partial charge in [-0.15, -0.1) is 11.3 Å². The summed E-state index contributed by atoms with van der Waals surface area (Å²) in [5.41, 5.74) is 2.86. The monoisotopic (exact) mass is 397 g/mol. The number of aryl methyl sites for hydroxylation is 2. The Bertz CT molecular complexity index is 1090. The Morgan fingerprint density at radius 2 is 2.21 bits per heavy atom. The lowest BCUT2D eigenvalue weighted by atomic mass is 9.96. The lowest BCUT2D eigenvalue weighted by Gasteiger charge is -2.42. The van der Waals surface area contributed by atoms with E-state index < -0.39 is 5.54 Å². The van der Waals surface area contributed by atoms with Crippen molar-refractivity contribution in [1.29, 1.82) is 5.26 Å². The number of thiazole rings is 1. The molecule has 3 aromatic rings. The Kier molecular flexibility index (Phi) is 4.57. The number of ether oxygens (including phenoxy) is 2. The van der Waals surface area contributed by atoms with Crippen molar-refractivity contribution in [3.8, 4) is 11.8 Å². The van der Waals surface area contributed by atoms with Gasteiger partial charge in [-0.05, 0) is 32.0 Å². The molecule has 1 aliphatic heterocycles. The second-order valence-electron chi connectivity index (χ2n) is 6.84. The fraction of sp³-hybridized carbons (Fsp3) is 0.350. The van der Waals surface area contributed by atoms with Crippen molar-refractivity contribution in [2.45, 2.75) is 26.0 Å². The molecule has 0 atom stereocenters. The molecular weight excluding hydrogens is 378 g/mol. The summed E-state index contributed by atoms with van der Waals surface area (Å²) in [6.07, 6.45) is 0. The third-order valence-electron chi connectivity index (χ3n) is 5.10.